The van der Waals surface area contributed by atoms with Gasteiger partial charge in [-0.2, -0.15) is 0 Å². The molecule has 0 fully saturated rings. The van der Waals surface area contributed by atoms with Crippen molar-refractivity contribution in [2.75, 3.05) is 7.11 Å². The van der Waals surface area contributed by atoms with E-state index in [-0.39, 0.29) is 0 Å². The number of halogens is 1. The van der Waals surface area contributed by atoms with Crippen molar-refractivity contribution in [1.82, 2.24) is 9.97 Å². The van der Waals surface area contributed by atoms with Crippen molar-refractivity contribution in [3.05, 3.63) is 53.2 Å². The van der Waals surface area contributed by atoms with Gasteiger partial charge < -0.3 is 4.74 Å². The number of methoxy groups -OCH3 is 1. The van der Waals surface area contributed by atoms with E-state index in [4.69, 9.17) is 16.3 Å². The van der Waals surface area contributed by atoms with Crippen LogP contribution in [0.4, 0.5) is 0 Å². The van der Waals surface area contributed by atoms with Crippen LogP contribution in [0.15, 0.2) is 42.5 Å². The highest BCUT2D eigenvalue weighted by molar-refractivity contribution is 6.34. The summed E-state index contributed by atoms with van der Waals surface area (Å²) in [5, 5.41) is 1.23. The van der Waals surface area contributed by atoms with E-state index in [1.54, 1.807) is 7.11 Å². The lowest BCUT2D eigenvalue weighted by atomic mass is 10.1. The SMILES string of the molecule is COc1ccc2nc(-c3cccc(C)c3)nc(Cl)c2c1. The van der Waals surface area contributed by atoms with E-state index in [1.165, 1.54) is 0 Å². The van der Waals surface area contributed by atoms with Gasteiger partial charge in [-0.3, -0.25) is 0 Å². The minimum absolute atomic E-state index is 0.436. The summed E-state index contributed by atoms with van der Waals surface area (Å²) in [5.74, 6) is 1.38. The molecule has 3 rings (SSSR count). The molecule has 0 bridgehead atoms. The Morgan fingerprint density at radius 3 is 2.65 bits per heavy atom. The summed E-state index contributed by atoms with van der Waals surface area (Å²) in [6.07, 6.45) is 0. The standard InChI is InChI=1S/C16H13ClN2O/c1-10-4-3-5-11(8-10)16-18-14-7-6-12(20-2)9-13(14)15(17)19-16/h3-9H,1-2H3. The first kappa shape index (κ1) is 12.9. The molecule has 0 atom stereocenters. The summed E-state index contributed by atoms with van der Waals surface area (Å²) in [6, 6.07) is 13.6. The van der Waals surface area contributed by atoms with Crippen molar-refractivity contribution in [2.45, 2.75) is 6.92 Å². The normalized spacial score (nSPS) is 10.8. The van der Waals surface area contributed by atoms with Crippen LogP contribution >= 0.6 is 11.6 Å². The minimum Gasteiger partial charge on any atom is -0.497 e. The summed E-state index contributed by atoms with van der Waals surface area (Å²) in [4.78, 5) is 8.96. The van der Waals surface area contributed by atoms with Gasteiger partial charge >= 0.3 is 0 Å². The fourth-order valence-electron chi connectivity index (χ4n) is 2.11. The Bertz CT molecular complexity index is 787. The molecule has 0 radical (unpaired) electrons. The van der Waals surface area contributed by atoms with Crippen LogP contribution in [0.2, 0.25) is 5.15 Å². The van der Waals surface area contributed by atoms with Gasteiger partial charge in [0.1, 0.15) is 10.9 Å². The Morgan fingerprint density at radius 1 is 1.05 bits per heavy atom. The number of ether oxygens (including phenoxy) is 1. The zero-order valence-corrected chi connectivity index (χ0v) is 12.0. The van der Waals surface area contributed by atoms with Crippen molar-refractivity contribution in [3.63, 3.8) is 0 Å². The molecule has 3 nitrogen and oxygen atoms in total. The number of nitrogens with zero attached hydrogens (tertiary/aromatic N) is 2. The van der Waals surface area contributed by atoms with E-state index in [9.17, 15) is 0 Å². The van der Waals surface area contributed by atoms with Gasteiger partial charge in [-0.15, -0.1) is 0 Å². The minimum atomic E-state index is 0.436. The van der Waals surface area contributed by atoms with Gasteiger partial charge in [-0.1, -0.05) is 35.4 Å². The Kier molecular flexibility index (Phi) is 3.28. The molecule has 0 amide bonds. The molecule has 1 heterocycles. The molecule has 0 spiro atoms. The molecular weight excluding hydrogens is 272 g/mol. The predicted octanol–water partition coefficient (Wildman–Crippen LogP) is 4.27. The number of fused-ring (bicyclic) bond motifs is 1. The van der Waals surface area contributed by atoms with E-state index in [2.05, 4.69) is 9.97 Å². The molecule has 1 aromatic heterocycles. The van der Waals surface area contributed by atoms with Crippen LogP contribution in [-0.2, 0) is 0 Å². The maximum Gasteiger partial charge on any atom is 0.161 e. The first-order valence-corrected chi connectivity index (χ1v) is 6.63. The van der Waals surface area contributed by atoms with Gasteiger partial charge in [0.05, 0.1) is 12.6 Å². The third-order valence-corrected chi connectivity index (χ3v) is 3.42. The largest absolute Gasteiger partial charge is 0.497 e. The van der Waals surface area contributed by atoms with E-state index < -0.39 is 0 Å². The predicted molar refractivity (Wildman–Crippen MR) is 81.3 cm³/mol. The maximum atomic E-state index is 6.27. The Hall–Kier alpha value is -2.13. The number of hydrogen-bond donors (Lipinski definition) is 0. The molecule has 0 saturated carbocycles. The molecule has 0 saturated heterocycles. The average molecular weight is 285 g/mol. The van der Waals surface area contributed by atoms with Crippen LogP contribution in [0.25, 0.3) is 22.3 Å². The first-order chi connectivity index (χ1) is 9.67. The quantitative estimate of drug-likeness (QED) is 0.659. The fourth-order valence-corrected chi connectivity index (χ4v) is 2.34. The lowest BCUT2D eigenvalue weighted by Crippen LogP contribution is -1.93. The molecule has 0 aliphatic heterocycles. The summed E-state index contributed by atoms with van der Waals surface area (Å²) in [7, 11) is 1.62. The molecule has 4 heteroatoms. The summed E-state index contributed by atoms with van der Waals surface area (Å²) in [5.41, 5.74) is 2.93. The smallest absolute Gasteiger partial charge is 0.161 e. The second-order valence-corrected chi connectivity index (χ2v) is 4.95. The molecule has 3 aromatic rings. The van der Waals surface area contributed by atoms with Gasteiger partial charge in [-0.25, -0.2) is 9.97 Å². The number of hydrogen-bond acceptors (Lipinski definition) is 3. The lowest BCUT2D eigenvalue weighted by Gasteiger charge is -2.07. The number of benzene rings is 2. The third-order valence-electron chi connectivity index (χ3n) is 3.13. The second kappa shape index (κ2) is 5.10. The van der Waals surface area contributed by atoms with Crippen molar-refractivity contribution in [1.29, 1.82) is 0 Å². The van der Waals surface area contributed by atoms with E-state index in [0.29, 0.717) is 11.0 Å². The highest BCUT2D eigenvalue weighted by atomic mass is 35.5. The van der Waals surface area contributed by atoms with Gasteiger partial charge in [-0.05, 0) is 31.2 Å². The molecule has 20 heavy (non-hydrogen) atoms. The zero-order chi connectivity index (χ0) is 14.1. The summed E-state index contributed by atoms with van der Waals surface area (Å²) < 4.78 is 5.19. The van der Waals surface area contributed by atoms with E-state index >= 15 is 0 Å². The molecule has 0 N–H and O–H groups in total. The Labute approximate surface area is 122 Å². The van der Waals surface area contributed by atoms with Gasteiger partial charge in [0, 0.05) is 10.9 Å². The van der Waals surface area contributed by atoms with Crippen molar-refractivity contribution in [2.24, 2.45) is 0 Å². The highest BCUT2D eigenvalue weighted by Gasteiger charge is 2.09. The van der Waals surface area contributed by atoms with Crippen LogP contribution in [0.3, 0.4) is 0 Å². The molecule has 0 aliphatic rings. The number of aryl methyl sites for hydroxylation is 1. The maximum absolute atomic E-state index is 6.27. The topological polar surface area (TPSA) is 35.0 Å². The molecule has 0 unspecified atom stereocenters. The van der Waals surface area contributed by atoms with E-state index in [0.717, 1.165) is 27.8 Å². The van der Waals surface area contributed by atoms with Crippen molar-refractivity contribution in [3.8, 4) is 17.1 Å². The second-order valence-electron chi connectivity index (χ2n) is 4.59. The van der Waals surface area contributed by atoms with Gasteiger partial charge in [0.15, 0.2) is 5.82 Å². The molecular formula is C16H13ClN2O. The van der Waals surface area contributed by atoms with Crippen molar-refractivity contribution < 1.29 is 4.74 Å². The molecule has 2 aromatic carbocycles. The van der Waals surface area contributed by atoms with Gasteiger partial charge in [0.25, 0.3) is 0 Å². The van der Waals surface area contributed by atoms with Crippen molar-refractivity contribution >= 4 is 22.5 Å². The number of aromatic nitrogens is 2. The lowest BCUT2D eigenvalue weighted by molar-refractivity contribution is 0.415. The van der Waals surface area contributed by atoms with Crippen LogP contribution in [0, 0.1) is 6.92 Å². The molecule has 100 valence electrons. The van der Waals surface area contributed by atoms with E-state index in [1.807, 2.05) is 49.4 Å². The monoisotopic (exact) mass is 284 g/mol. The highest BCUT2D eigenvalue weighted by Crippen LogP contribution is 2.28. The van der Waals surface area contributed by atoms with Crippen LogP contribution in [0.1, 0.15) is 5.56 Å². The fraction of sp³-hybridized carbons (Fsp3) is 0.125. The van der Waals surface area contributed by atoms with Crippen LogP contribution < -0.4 is 4.74 Å². The van der Waals surface area contributed by atoms with Crippen LogP contribution in [-0.4, -0.2) is 17.1 Å². The zero-order valence-electron chi connectivity index (χ0n) is 11.2. The van der Waals surface area contributed by atoms with Gasteiger partial charge in [0.2, 0.25) is 0 Å². The average Bonchev–Trinajstić information content (AvgIpc) is 2.47. The summed E-state index contributed by atoms with van der Waals surface area (Å²) in [6.45, 7) is 2.04. The third kappa shape index (κ3) is 2.32. The number of rotatable bonds is 2. The first-order valence-electron chi connectivity index (χ1n) is 6.26. The summed E-state index contributed by atoms with van der Waals surface area (Å²) >= 11 is 6.27. The Morgan fingerprint density at radius 2 is 1.90 bits per heavy atom. The Balaban J connectivity index is 2.19. The van der Waals surface area contributed by atoms with Crippen LogP contribution in [0.5, 0.6) is 5.75 Å². The molecule has 0 aliphatic carbocycles.